The van der Waals surface area contributed by atoms with Crippen LogP contribution in [-0.2, 0) is 6.42 Å². The molecule has 0 spiro atoms. The van der Waals surface area contributed by atoms with Gasteiger partial charge in [0.05, 0.1) is 0 Å². The number of thiophene rings is 1. The minimum atomic E-state index is 0. The van der Waals surface area contributed by atoms with Crippen LogP contribution >= 0.6 is 35.3 Å². The third kappa shape index (κ3) is 5.99. The minimum absolute atomic E-state index is 0. The van der Waals surface area contributed by atoms with E-state index in [9.17, 15) is 0 Å². The molecule has 0 aliphatic heterocycles. The molecule has 0 radical (unpaired) electrons. The maximum atomic E-state index is 4.09. The van der Waals surface area contributed by atoms with E-state index in [0.717, 1.165) is 25.5 Å². The SMILES string of the molecule is CCNC(=NC)NCCc1cccs1.I. The zero-order valence-electron chi connectivity index (χ0n) is 9.12. The molecular weight excluding hydrogens is 321 g/mol. The Labute approximate surface area is 112 Å². The minimum Gasteiger partial charge on any atom is -0.357 e. The number of aliphatic imine (C=N–C) groups is 1. The molecular formula is C10H18IN3S. The van der Waals surface area contributed by atoms with Gasteiger partial charge < -0.3 is 10.6 Å². The first-order valence-corrected chi connectivity index (χ1v) is 5.71. The van der Waals surface area contributed by atoms with Crippen molar-refractivity contribution in [2.45, 2.75) is 13.3 Å². The summed E-state index contributed by atoms with van der Waals surface area (Å²) in [5.74, 6) is 0.879. The number of hydrogen-bond acceptors (Lipinski definition) is 2. The van der Waals surface area contributed by atoms with Crippen molar-refractivity contribution in [3.8, 4) is 0 Å². The summed E-state index contributed by atoms with van der Waals surface area (Å²) >= 11 is 1.80. The lowest BCUT2D eigenvalue weighted by atomic mass is 10.3. The molecule has 3 nitrogen and oxygen atoms in total. The van der Waals surface area contributed by atoms with Gasteiger partial charge in [-0.3, -0.25) is 4.99 Å². The molecule has 0 aliphatic rings. The van der Waals surface area contributed by atoms with Gasteiger partial charge in [-0.15, -0.1) is 35.3 Å². The summed E-state index contributed by atoms with van der Waals surface area (Å²) in [5.41, 5.74) is 0. The Hall–Kier alpha value is -0.300. The van der Waals surface area contributed by atoms with Crippen LogP contribution in [0, 0.1) is 0 Å². The van der Waals surface area contributed by atoms with Crippen LogP contribution in [0.4, 0.5) is 0 Å². The first-order chi connectivity index (χ1) is 6.86. The first-order valence-electron chi connectivity index (χ1n) is 4.83. The summed E-state index contributed by atoms with van der Waals surface area (Å²) in [4.78, 5) is 5.50. The summed E-state index contributed by atoms with van der Waals surface area (Å²) in [6, 6.07) is 4.24. The predicted octanol–water partition coefficient (Wildman–Crippen LogP) is 2.09. The molecule has 0 atom stereocenters. The Morgan fingerprint density at radius 2 is 2.27 bits per heavy atom. The molecule has 1 rings (SSSR count). The second-order valence-electron chi connectivity index (χ2n) is 2.86. The molecule has 86 valence electrons. The molecule has 1 heterocycles. The Morgan fingerprint density at radius 3 is 2.80 bits per heavy atom. The summed E-state index contributed by atoms with van der Waals surface area (Å²) < 4.78 is 0. The highest BCUT2D eigenvalue weighted by Gasteiger charge is 1.96. The van der Waals surface area contributed by atoms with Crippen molar-refractivity contribution >= 4 is 41.3 Å². The number of nitrogens with one attached hydrogen (secondary N) is 2. The van der Waals surface area contributed by atoms with Crippen LogP contribution in [0.2, 0.25) is 0 Å². The molecule has 0 amide bonds. The van der Waals surface area contributed by atoms with E-state index >= 15 is 0 Å². The quantitative estimate of drug-likeness (QED) is 0.501. The van der Waals surface area contributed by atoms with Gasteiger partial charge in [0.25, 0.3) is 0 Å². The zero-order chi connectivity index (χ0) is 10.2. The van der Waals surface area contributed by atoms with Gasteiger partial charge in [0.2, 0.25) is 0 Å². The van der Waals surface area contributed by atoms with Gasteiger partial charge in [-0.05, 0) is 24.8 Å². The molecule has 0 bridgehead atoms. The lowest BCUT2D eigenvalue weighted by Crippen LogP contribution is -2.37. The van der Waals surface area contributed by atoms with Gasteiger partial charge in [0.15, 0.2) is 5.96 Å². The average Bonchev–Trinajstić information content (AvgIpc) is 2.69. The Bertz CT molecular complexity index is 272. The van der Waals surface area contributed by atoms with Crippen molar-refractivity contribution in [1.29, 1.82) is 0 Å². The summed E-state index contributed by atoms with van der Waals surface area (Å²) in [7, 11) is 1.79. The van der Waals surface area contributed by atoms with Crippen LogP contribution < -0.4 is 10.6 Å². The Morgan fingerprint density at radius 1 is 1.47 bits per heavy atom. The smallest absolute Gasteiger partial charge is 0.190 e. The Kier molecular flexibility index (Phi) is 8.79. The van der Waals surface area contributed by atoms with E-state index in [2.05, 4.69) is 40.1 Å². The molecule has 0 saturated heterocycles. The van der Waals surface area contributed by atoms with E-state index in [1.807, 2.05) is 0 Å². The van der Waals surface area contributed by atoms with Crippen molar-refractivity contribution in [1.82, 2.24) is 10.6 Å². The molecule has 0 aromatic carbocycles. The van der Waals surface area contributed by atoms with Crippen LogP contribution in [0.25, 0.3) is 0 Å². The fourth-order valence-electron chi connectivity index (χ4n) is 1.15. The highest BCUT2D eigenvalue weighted by Crippen LogP contribution is 2.07. The highest BCUT2D eigenvalue weighted by atomic mass is 127. The van der Waals surface area contributed by atoms with Crippen molar-refractivity contribution in [3.63, 3.8) is 0 Å². The maximum absolute atomic E-state index is 4.09. The van der Waals surface area contributed by atoms with E-state index in [-0.39, 0.29) is 24.0 Å². The highest BCUT2D eigenvalue weighted by molar-refractivity contribution is 14.0. The van der Waals surface area contributed by atoms with Gasteiger partial charge in [0.1, 0.15) is 0 Å². The van der Waals surface area contributed by atoms with Crippen molar-refractivity contribution in [2.75, 3.05) is 20.1 Å². The van der Waals surface area contributed by atoms with E-state index in [1.54, 1.807) is 18.4 Å². The van der Waals surface area contributed by atoms with Crippen LogP contribution in [0.5, 0.6) is 0 Å². The standard InChI is InChI=1S/C10H17N3S.HI/c1-3-12-10(11-2)13-7-6-9-5-4-8-14-9;/h4-5,8H,3,6-7H2,1-2H3,(H2,11,12,13);1H. The number of halogens is 1. The summed E-state index contributed by atoms with van der Waals surface area (Å²) in [6.07, 6.45) is 1.06. The van der Waals surface area contributed by atoms with Crippen LogP contribution in [0.3, 0.4) is 0 Å². The molecule has 15 heavy (non-hydrogen) atoms. The number of hydrogen-bond donors (Lipinski definition) is 2. The second kappa shape index (κ2) is 8.96. The van der Waals surface area contributed by atoms with Crippen molar-refractivity contribution < 1.29 is 0 Å². The van der Waals surface area contributed by atoms with E-state index in [0.29, 0.717) is 0 Å². The normalized spacial score (nSPS) is 10.7. The second-order valence-corrected chi connectivity index (χ2v) is 3.89. The van der Waals surface area contributed by atoms with E-state index in [1.165, 1.54) is 4.88 Å². The molecule has 2 N–H and O–H groups in total. The molecule has 0 fully saturated rings. The topological polar surface area (TPSA) is 36.4 Å². The molecule has 0 saturated carbocycles. The Balaban J connectivity index is 0.00000196. The van der Waals surface area contributed by atoms with Crippen LogP contribution in [0.15, 0.2) is 22.5 Å². The number of rotatable bonds is 4. The fraction of sp³-hybridized carbons (Fsp3) is 0.500. The zero-order valence-corrected chi connectivity index (χ0v) is 12.3. The van der Waals surface area contributed by atoms with Gasteiger partial charge in [-0.25, -0.2) is 0 Å². The third-order valence-corrected chi connectivity index (χ3v) is 2.75. The van der Waals surface area contributed by atoms with Gasteiger partial charge in [-0.1, -0.05) is 6.07 Å². The number of guanidine groups is 1. The van der Waals surface area contributed by atoms with Crippen LogP contribution in [0.1, 0.15) is 11.8 Å². The third-order valence-electron chi connectivity index (χ3n) is 1.81. The molecule has 5 heteroatoms. The molecule has 1 aromatic rings. The van der Waals surface area contributed by atoms with E-state index < -0.39 is 0 Å². The molecule has 0 unspecified atom stereocenters. The van der Waals surface area contributed by atoms with Crippen LogP contribution in [-0.4, -0.2) is 26.1 Å². The predicted molar refractivity (Wildman–Crippen MR) is 78.5 cm³/mol. The maximum Gasteiger partial charge on any atom is 0.190 e. The monoisotopic (exact) mass is 339 g/mol. The fourth-order valence-corrected chi connectivity index (χ4v) is 1.86. The van der Waals surface area contributed by atoms with Gasteiger partial charge in [0, 0.05) is 25.0 Å². The summed E-state index contributed by atoms with van der Waals surface area (Å²) in [5, 5.41) is 8.51. The molecule has 0 aliphatic carbocycles. The lowest BCUT2D eigenvalue weighted by Gasteiger charge is -2.08. The van der Waals surface area contributed by atoms with Gasteiger partial charge >= 0.3 is 0 Å². The lowest BCUT2D eigenvalue weighted by molar-refractivity contribution is 0.816. The van der Waals surface area contributed by atoms with E-state index in [4.69, 9.17) is 0 Å². The van der Waals surface area contributed by atoms with Gasteiger partial charge in [-0.2, -0.15) is 0 Å². The largest absolute Gasteiger partial charge is 0.357 e. The van der Waals surface area contributed by atoms with Crippen molar-refractivity contribution in [2.24, 2.45) is 4.99 Å². The van der Waals surface area contributed by atoms with Crippen molar-refractivity contribution in [3.05, 3.63) is 22.4 Å². The summed E-state index contributed by atoms with van der Waals surface area (Å²) in [6.45, 7) is 3.89. The average molecular weight is 339 g/mol. The number of nitrogens with zero attached hydrogens (tertiary/aromatic N) is 1. The molecule has 1 aromatic heterocycles. The first kappa shape index (κ1) is 14.7.